The fourth-order valence-corrected chi connectivity index (χ4v) is 4.05. The van der Waals surface area contributed by atoms with Gasteiger partial charge < -0.3 is 0 Å². The molecule has 1 aromatic heterocycles. The lowest BCUT2D eigenvalue weighted by atomic mass is 10.4. The first-order chi connectivity index (χ1) is 9.05. The molecule has 19 heavy (non-hydrogen) atoms. The third kappa shape index (κ3) is 2.95. The smallest absolute Gasteiger partial charge is 0.209 e. The SMILES string of the molecule is O=S(=O)(c1ccc(Cl)cc1)c1cscc1N=CNO. The number of rotatable bonds is 4. The summed E-state index contributed by atoms with van der Waals surface area (Å²) in [5.74, 6) is 0. The highest BCUT2D eigenvalue weighted by atomic mass is 35.5. The van der Waals surface area contributed by atoms with E-state index >= 15 is 0 Å². The van der Waals surface area contributed by atoms with E-state index in [1.165, 1.54) is 41.0 Å². The van der Waals surface area contributed by atoms with Gasteiger partial charge in [-0.3, -0.25) is 10.7 Å². The van der Waals surface area contributed by atoms with E-state index in [-0.39, 0.29) is 15.5 Å². The van der Waals surface area contributed by atoms with Crippen LogP contribution in [-0.4, -0.2) is 20.0 Å². The number of hydroxylamine groups is 1. The summed E-state index contributed by atoms with van der Waals surface area (Å²) in [6.45, 7) is 0. The summed E-state index contributed by atoms with van der Waals surface area (Å²) in [7, 11) is -3.64. The van der Waals surface area contributed by atoms with Crippen LogP contribution in [0.4, 0.5) is 5.69 Å². The zero-order valence-electron chi connectivity index (χ0n) is 9.45. The Morgan fingerprint density at radius 3 is 2.58 bits per heavy atom. The predicted octanol–water partition coefficient (Wildman–Crippen LogP) is 2.87. The molecule has 2 rings (SSSR count). The summed E-state index contributed by atoms with van der Waals surface area (Å²) < 4.78 is 24.8. The van der Waals surface area contributed by atoms with E-state index in [0.717, 1.165) is 6.34 Å². The van der Waals surface area contributed by atoms with E-state index in [0.29, 0.717) is 5.02 Å². The molecule has 1 aromatic carbocycles. The Morgan fingerprint density at radius 1 is 1.26 bits per heavy atom. The molecule has 5 nitrogen and oxygen atoms in total. The molecule has 100 valence electrons. The van der Waals surface area contributed by atoms with E-state index in [9.17, 15) is 8.42 Å². The zero-order valence-corrected chi connectivity index (χ0v) is 11.8. The maximum Gasteiger partial charge on any atom is 0.209 e. The Balaban J connectivity index is 2.48. The van der Waals surface area contributed by atoms with Crippen LogP contribution in [0.2, 0.25) is 5.02 Å². The first-order valence-corrected chi connectivity index (χ1v) is 7.85. The summed E-state index contributed by atoms with van der Waals surface area (Å²) >= 11 is 6.95. The van der Waals surface area contributed by atoms with Crippen LogP contribution in [-0.2, 0) is 9.84 Å². The van der Waals surface area contributed by atoms with Crippen LogP contribution in [0.15, 0.2) is 49.8 Å². The predicted molar refractivity (Wildman–Crippen MR) is 74.3 cm³/mol. The van der Waals surface area contributed by atoms with Gasteiger partial charge >= 0.3 is 0 Å². The maximum absolute atomic E-state index is 12.4. The highest BCUT2D eigenvalue weighted by molar-refractivity contribution is 7.91. The van der Waals surface area contributed by atoms with Crippen LogP contribution in [0.3, 0.4) is 0 Å². The normalized spacial score (nSPS) is 11.9. The van der Waals surface area contributed by atoms with Crippen LogP contribution >= 0.6 is 22.9 Å². The number of aliphatic imine (C=N–C) groups is 1. The third-order valence-electron chi connectivity index (χ3n) is 2.28. The number of benzene rings is 1. The lowest BCUT2D eigenvalue weighted by molar-refractivity contribution is 0.240. The number of sulfone groups is 1. The van der Waals surface area contributed by atoms with Gasteiger partial charge in [0, 0.05) is 15.8 Å². The van der Waals surface area contributed by atoms with Crippen molar-refractivity contribution in [2.45, 2.75) is 9.79 Å². The lowest BCUT2D eigenvalue weighted by Gasteiger charge is -2.03. The Kier molecular flexibility index (Phi) is 4.20. The quantitative estimate of drug-likeness (QED) is 0.516. The third-order valence-corrected chi connectivity index (χ3v) is 5.21. The molecular weight excluding hydrogens is 308 g/mol. The summed E-state index contributed by atoms with van der Waals surface area (Å²) in [4.78, 5) is 4.04. The molecule has 1 heterocycles. The van der Waals surface area contributed by atoms with Crippen molar-refractivity contribution in [3.8, 4) is 0 Å². The summed E-state index contributed by atoms with van der Waals surface area (Å²) in [5, 5.41) is 12.0. The van der Waals surface area contributed by atoms with Crippen molar-refractivity contribution in [3.63, 3.8) is 0 Å². The van der Waals surface area contributed by atoms with Gasteiger partial charge in [0.25, 0.3) is 0 Å². The van der Waals surface area contributed by atoms with Gasteiger partial charge in [0.05, 0.1) is 10.6 Å². The van der Waals surface area contributed by atoms with Crippen molar-refractivity contribution >= 4 is 44.8 Å². The van der Waals surface area contributed by atoms with Gasteiger partial charge in [0.2, 0.25) is 9.84 Å². The van der Waals surface area contributed by atoms with Crippen molar-refractivity contribution in [3.05, 3.63) is 40.0 Å². The molecule has 0 unspecified atom stereocenters. The molecule has 0 fully saturated rings. The van der Waals surface area contributed by atoms with Crippen molar-refractivity contribution in [2.24, 2.45) is 4.99 Å². The number of nitrogens with zero attached hydrogens (tertiary/aromatic N) is 1. The highest BCUT2D eigenvalue weighted by Gasteiger charge is 2.22. The van der Waals surface area contributed by atoms with Crippen LogP contribution in [0.1, 0.15) is 0 Å². The fraction of sp³-hybridized carbons (Fsp3) is 0. The van der Waals surface area contributed by atoms with Gasteiger partial charge in [0.15, 0.2) is 0 Å². The summed E-state index contributed by atoms with van der Waals surface area (Å²) in [6.07, 6.45) is 1.00. The lowest BCUT2D eigenvalue weighted by Crippen LogP contribution is -2.03. The first kappa shape index (κ1) is 14.0. The highest BCUT2D eigenvalue weighted by Crippen LogP contribution is 2.33. The first-order valence-electron chi connectivity index (χ1n) is 5.04. The van der Waals surface area contributed by atoms with Crippen LogP contribution in [0, 0.1) is 0 Å². The second-order valence-electron chi connectivity index (χ2n) is 3.47. The Hall–Kier alpha value is -1.41. The average Bonchev–Trinajstić information content (AvgIpc) is 2.86. The molecule has 8 heteroatoms. The van der Waals surface area contributed by atoms with Crippen LogP contribution in [0.25, 0.3) is 0 Å². The molecule has 0 spiro atoms. The minimum absolute atomic E-state index is 0.0892. The molecule has 0 aliphatic carbocycles. The van der Waals surface area contributed by atoms with Gasteiger partial charge in [-0.05, 0) is 24.3 Å². The molecule has 0 bridgehead atoms. The second-order valence-corrected chi connectivity index (χ2v) is 6.56. The van der Waals surface area contributed by atoms with E-state index in [1.807, 2.05) is 0 Å². The van der Waals surface area contributed by atoms with Crippen LogP contribution in [0.5, 0.6) is 0 Å². The minimum Gasteiger partial charge on any atom is -0.290 e. The molecule has 0 radical (unpaired) electrons. The zero-order chi connectivity index (χ0) is 13.9. The van der Waals surface area contributed by atoms with Crippen molar-refractivity contribution in [2.75, 3.05) is 0 Å². The van der Waals surface area contributed by atoms with Gasteiger partial charge in [-0.25, -0.2) is 13.4 Å². The molecule has 0 aliphatic heterocycles. The van der Waals surface area contributed by atoms with E-state index in [1.54, 1.807) is 10.9 Å². The van der Waals surface area contributed by atoms with E-state index in [4.69, 9.17) is 16.8 Å². The van der Waals surface area contributed by atoms with Gasteiger partial charge in [-0.15, -0.1) is 11.3 Å². The van der Waals surface area contributed by atoms with Crippen LogP contribution < -0.4 is 5.48 Å². The molecule has 2 N–H and O–H groups in total. The average molecular weight is 317 g/mol. The number of nitrogens with one attached hydrogen (secondary N) is 1. The largest absolute Gasteiger partial charge is 0.290 e. The van der Waals surface area contributed by atoms with E-state index in [2.05, 4.69) is 4.99 Å². The van der Waals surface area contributed by atoms with E-state index < -0.39 is 9.84 Å². The Bertz CT molecular complexity index is 693. The number of hydrogen-bond acceptors (Lipinski definition) is 5. The van der Waals surface area contributed by atoms with Gasteiger partial charge in [-0.2, -0.15) is 0 Å². The molecule has 2 aromatic rings. The fourth-order valence-electron chi connectivity index (χ4n) is 1.41. The van der Waals surface area contributed by atoms with Crippen molar-refractivity contribution < 1.29 is 13.6 Å². The maximum atomic E-state index is 12.4. The molecular formula is C11H9ClN2O3S2. The Morgan fingerprint density at radius 2 is 1.95 bits per heavy atom. The summed E-state index contributed by atoms with van der Waals surface area (Å²) in [5.41, 5.74) is 2.00. The number of thiophene rings is 1. The number of hydrogen-bond donors (Lipinski definition) is 2. The van der Waals surface area contributed by atoms with Gasteiger partial charge in [-0.1, -0.05) is 11.6 Å². The number of halogens is 1. The topological polar surface area (TPSA) is 78.8 Å². The molecule has 0 atom stereocenters. The molecule has 0 saturated carbocycles. The van der Waals surface area contributed by atoms with Crippen molar-refractivity contribution in [1.82, 2.24) is 5.48 Å². The van der Waals surface area contributed by atoms with Crippen molar-refractivity contribution in [1.29, 1.82) is 0 Å². The minimum atomic E-state index is -3.64. The second kappa shape index (κ2) is 5.70. The summed E-state index contributed by atoms with van der Waals surface area (Å²) in [6, 6.07) is 5.90. The molecule has 0 aliphatic rings. The molecule has 0 saturated heterocycles. The standard InChI is InChI=1S/C11H9ClN2O3S2/c12-8-1-3-9(4-2-8)19(16,17)11-6-18-5-10(11)13-7-14-15/h1-7,15H,(H,13,14). The Labute approximate surface area is 119 Å². The van der Waals surface area contributed by atoms with Gasteiger partial charge in [0.1, 0.15) is 11.2 Å². The monoisotopic (exact) mass is 316 g/mol. The molecule has 0 amide bonds.